The van der Waals surface area contributed by atoms with E-state index in [2.05, 4.69) is 15.2 Å². The van der Waals surface area contributed by atoms with Crippen LogP contribution in [0.4, 0.5) is 4.79 Å². The second kappa shape index (κ2) is 5.24. The molecule has 0 aromatic carbocycles. The van der Waals surface area contributed by atoms with Gasteiger partial charge in [0.25, 0.3) is 0 Å². The van der Waals surface area contributed by atoms with Gasteiger partial charge in [-0.1, -0.05) is 0 Å². The molecule has 2 aliphatic rings. The highest BCUT2D eigenvalue weighted by atomic mass is 32.1. The van der Waals surface area contributed by atoms with Crippen molar-refractivity contribution in [2.75, 3.05) is 26.2 Å². The molecule has 0 saturated carbocycles. The second-order valence-corrected chi connectivity index (χ2v) is 5.87. The van der Waals surface area contributed by atoms with Crippen LogP contribution in [0.2, 0.25) is 0 Å². The van der Waals surface area contributed by atoms with Gasteiger partial charge in [-0.2, -0.15) is 0 Å². The Balaban J connectivity index is 1.50. The lowest BCUT2D eigenvalue weighted by Crippen LogP contribution is -2.45. The average molecular weight is 266 g/mol. The number of carbonyl (C=O) groups is 1. The molecule has 2 aliphatic heterocycles. The summed E-state index contributed by atoms with van der Waals surface area (Å²) in [5, 5.41) is 2.88. The number of nitrogens with one attached hydrogen (secondary N) is 1. The highest BCUT2D eigenvalue weighted by molar-refractivity contribution is 7.09. The average Bonchev–Trinajstić information content (AvgIpc) is 3.02. The molecule has 0 spiro atoms. The summed E-state index contributed by atoms with van der Waals surface area (Å²) in [6, 6.07) is 0.557. The molecule has 6 heteroatoms. The van der Waals surface area contributed by atoms with Crippen LogP contribution < -0.4 is 5.32 Å². The van der Waals surface area contributed by atoms with Gasteiger partial charge >= 0.3 is 6.03 Å². The van der Waals surface area contributed by atoms with Gasteiger partial charge in [0.05, 0.1) is 5.51 Å². The maximum Gasteiger partial charge on any atom is 0.317 e. The van der Waals surface area contributed by atoms with Crippen molar-refractivity contribution in [1.82, 2.24) is 20.1 Å². The van der Waals surface area contributed by atoms with Crippen LogP contribution in [0.25, 0.3) is 0 Å². The minimum atomic E-state index is 0.121. The van der Waals surface area contributed by atoms with Gasteiger partial charge in [0.2, 0.25) is 0 Å². The van der Waals surface area contributed by atoms with E-state index in [-0.39, 0.29) is 6.03 Å². The number of rotatable bonds is 3. The third-order valence-electron chi connectivity index (χ3n) is 3.75. The predicted molar refractivity (Wildman–Crippen MR) is 70.5 cm³/mol. The Morgan fingerprint density at radius 2 is 2.22 bits per heavy atom. The molecular weight excluding hydrogens is 248 g/mol. The van der Waals surface area contributed by atoms with Crippen molar-refractivity contribution in [3.8, 4) is 0 Å². The first-order chi connectivity index (χ1) is 8.83. The number of hydrogen-bond acceptors (Lipinski definition) is 4. The Hall–Kier alpha value is -1.14. The molecule has 1 aromatic rings. The van der Waals surface area contributed by atoms with Crippen LogP contribution in [0.1, 0.15) is 17.7 Å². The molecule has 18 heavy (non-hydrogen) atoms. The molecule has 3 heterocycles. The van der Waals surface area contributed by atoms with Crippen LogP contribution in [0.5, 0.6) is 0 Å². The molecule has 0 aliphatic carbocycles. The number of urea groups is 1. The second-order valence-electron chi connectivity index (χ2n) is 4.90. The van der Waals surface area contributed by atoms with Crippen molar-refractivity contribution in [3.05, 3.63) is 16.6 Å². The van der Waals surface area contributed by atoms with Gasteiger partial charge in [-0.3, -0.25) is 9.88 Å². The van der Waals surface area contributed by atoms with Gasteiger partial charge in [0.1, 0.15) is 0 Å². The largest absolute Gasteiger partial charge is 0.336 e. The van der Waals surface area contributed by atoms with E-state index in [9.17, 15) is 4.79 Å². The summed E-state index contributed by atoms with van der Waals surface area (Å²) in [7, 11) is 0. The van der Waals surface area contributed by atoms with Crippen LogP contribution in [-0.4, -0.2) is 53.0 Å². The molecule has 0 radical (unpaired) electrons. The standard InChI is InChI=1S/C12H18N4OS/c17-12-14-3-6-16(12)10-1-4-15(5-2-10)8-11-7-13-9-18-11/h7,9-10H,1-6,8H2,(H,14,17). The highest BCUT2D eigenvalue weighted by Crippen LogP contribution is 2.20. The van der Waals surface area contributed by atoms with Gasteiger partial charge < -0.3 is 10.2 Å². The molecule has 98 valence electrons. The minimum absolute atomic E-state index is 0.121. The zero-order chi connectivity index (χ0) is 12.4. The number of thiazole rings is 1. The first-order valence-electron chi connectivity index (χ1n) is 6.47. The molecule has 3 rings (SSSR count). The molecule has 1 N–H and O–H groups in total. The van der Waals surface area contributed by atoms with E-state index >= 15 is 0 Å². The molecular formula is C12H18N4OS. The zero-order valence-electron chi connectivity index (χ0n) is 10.3. The number of amides is 2. The molecule has 0 bridgehead atoms. The van der Waals surface area contributed by atoms with Crippen LogP contribution in [-0.2, 0) is 6.54 Å². The van der Waals surface area contributed by atoms with Crippen molar-refractivity contribution >= 4 is 17.4 Å². The van der Waals surface area contributed by atoms with Crippen molar-refractivity contribution in [2.24, 2.45) is 0 Å². The highest BCUT2D eigenvalue weighted by Gasteiger charge is 2.30. The summed E-state index contributed by atoms with van der Waals surface area (Å²) < 4.78 is 0. The van der Waals surface area contributed by atoms with E-state index < -0.39 is 0 Å². The van der Waals surface area contributed by atoms with Crippen LogP contribution in [0.15, 0.2) is 11.7 Å². The van der Waals surface area contributed by atoms with Gasteiger partial charge in [0.15, 0.2) is 0 Å². The third-order valence-corrected chi connectivity index (χ3v) is 4.51. The maximum absolute atomic E-state index is 11.6. The van der Waals surface area contributed by atoms with Crippen molar-refractivity contribution in [3.63, 3.8) is 0 Å². The molecule has 2 fully saturated rings. The summed E-state index contributed by atoms with van der Waals surface area (Å²) in [6.07, 6.45) is 4.13. The SMILES string of the molecule is O=C1NCCN1C1CCN(Cc2cncs2)CC1. The van der Waals surface area contributed by atoms with E-state index in [1.54, 1.807) is 11.3 Å². The Morgan fingerprint density at radius 1 is 1.39 bits per heavy atom. The smallest absolute Gasteiger partial charge is 0.317 e. The zero-order valence-corrected chi connectivity index (χ0v) is 11.2. The van der Waals surface area contributed by atoms with E-state index in [0.29, 0.717) is 6.04 Å². The first-order valence-corrected chi connectivity index (χ1v) is 7.35. The topological polar surface area (TPSA) is 48.5 Å². The van der Waals surface area contributed by atoms with E-state index in [4.69, 9.17) is 0 Å². The summed E-state index contributed by atoms with van der Waals surface area (Å²) in [5.41, 5.74) is 1.89. The molecule has 0 atom stereocenters. The number of carbonyl (C=O) groups excluding carboxylic acids is 1. The van der Waals surface area contributed by atoms with Gasteiger partial charge in [-0.25, -0.2) is 4.79 Å². The predicted octanol–water partition coefficient (Wildman–Crippen LogP) is 1.13. The summed E-state index contributed by atoms with van der Waals surface area (Å²) in [5.74, 6) is 0. The molecule has 2 amide bonds. The Morgan fingerprint density at radius 3 is 2.83 bits per heavy atom. The fourth-order valence-corrected chi connectivity index (χ4v) is 3.40. The molecule has 2 saturated heterocycles. The number of hydrogen-bond donors (Lipinski definition) is 1. The Bertz CT molecular complexity index is 400. The summed E-state index contributed by atoms with van der Waals surface area (Å²) in [4.78, 5) is 21.5. The van der Waals surface area contributed by atoms with Crippen molar-refractivity contribution in [1.29, 1.82) is 0 Å². The van der Waals surface area contributed by atoms with Gasteiger partial charge in [-0.05, 0) is 12.8 Å². The fraction of sp³-hybridized carbons (Fsp3) is 0.667. The van der Waals surface area contributed by atoms with Gasteiger partial charge in [-0.15, -0.1) is 11.3 Å². The van der Waals surface area contributed by atoms with Crippen LogP contribution in [0.3, 0.4) is 0 Å². The normalized spacial score (nSPS) is 22.4. The lowest BCUT2D eigenvalue weighted by atomic mass is 10.0. The summed E-state index contributed by atoms with van der Waals surface area (Å²) >= 11 is 1.72. The summed E-state index contributed by atoms with van der Waals surface area (Å²) in [6.45, 7) is 4.83. The molecule has 1 aromatic heterocycles. The first kappa shape index (κ1) is 11.9. The lowest BCUT2D eigenvalue weighted by molar-refractivity contribution is 0.132. The number of aromatic nitrogens is 1. The number of nitrogens with zero attached hydrogens (tertiary/aromatic N) is 3. The van der Waals surface area contributed by atoms with E-state index in [1.165, 1.54) is 4.88 Å². The number of piperidine rings is 1. The Kier molecular flexibility index (Phi) is 3.47. The third kappa shape index (κ3) is 2.49. The fourth-order valence-electron chi connectivity index (χ4n) is 2.76. The van der Waals surface area contributed by atoms with Gasteiger partial charge in [0, 0.05) is 49.8 Å². The number of likely N-dealkylation sites (tertiary alicyclic amines) is 1. The molecule has 5 nitrogen and oxygen atoms in total. The molecule has 0 unspecified atom stereocenters. The van der Waals surface area contributed by atoms with Crippen molar-refractivity contribution < 1.29 is 4.79 Å². The van der Waals surface area contributed by atoms with E-state index in [0.717, 1.165) is 45.6 Å². The quantitative estimate of drug-likeness (QED) is 0.892. The lowest BCUT2D eigenvalue weighted by Gasteiger charge is -2.35. The monoisotopic (exact) mass is 266 g/mol. The van der Waals surface area contributed by atoms with Crippen LogP contribution >= 0.6 is 11.3 Å². The van der Waals surface area contributed by atoms with E-state index in [1.807, 2.05) is 16.6 Å². The maximum atomic E-state index is 11.6. The van der Waals surface area contributed by atoms with Crippen molar-refractivity contribution in [2.45, 2.75) is 25.4 Å². The van der Waals surface area contributed by atoms with Crippen LogP contribution in [0, 0.1) is 0 Å². The Labute approximate surface area is 111 Å². The minimum Gasteiger partial charge on any atom is -0.336 e.